The van der Waals surface area contributed by atoms with Gasteiger partial charge in [0.15, 0.2) is 0 Å². The van der Waals surface area contributed by atoms with Crippen LogP contribution in [-0.2, 0) is 11.2 Å². The van der Waals surface area contributed by atoms with Crippen molar-refractivity contribution in [3.05, 3.63) is 105 Å². The summed E-state index contributed by atoms with van der Waals surface area (Å²) >= 11 is 12.0. The number of hydrogen-bond acceptors (Lipinski definition) is 4. The van der Waals surface area contributed by atoms with Crippen LogP contribution in [0.3, 0.4) is 0 Å². The normalized spacial score (nSPS) is 10.7. The molecule has 0 spiro atoms. The first-order valence-electron chi connectivity index (χ1n) is 9.35. The molecule has 4 aromatic rings. The third-order valence-electron chi connectivity index (χ3n) is 4.82. The molecule has 3 heterocycles. The molecule has 0 radical (unpaired) electrons. The van der Waals surface area contributed by atoms with E-state index in [2.05, 4.69) is 11.1 Å². The number of pyridine rings is 2. The lowest BCUT2D eigenvalue weighted by Gasteiger charge is -2.03. The Morgan fingerprint density at radius 2 is 1.75 bits per heavy atom. The largest absolute Gasteiger partial charge is 0.429 e. The molecule has 0 saturated heterocycles. The van der Waals surface area contributed by atoms with E-state index in [1.165, 1.54) is 0 Å². The summed E-state index contributed by atoms with van der Waals surface area (Å²) in [5.74, 6) is -1.85. The molecule has 4 rings (SSSR count). The van der Waals surface area contributed by atoms with Gasteiger partial charge in [-0.2, -0.15) is 9.99 Å². The number of carbonyl (C=O) groups excluding carboxylic acids is 2. The predicted molar refractivity (Wildman–Crippen MR) is 118 cm³/mol. The average Bonchev–Trinajstić information content (AvgIpc) is 3.14. The van der Waals surface area contributed by atoms with Gasteiger partial charge in [0.05, 0.1) is 45.2 Å². The van der Waals surface area contributed by atoms with E-state index in [1.807, 2.05) is 22.6 Å². The summed E-state index contributed by atoms with van der Waals surface area (Å²) in [4.78, 5) is 29.4. The summed E-state index contributed by atoms with van der Waals surface area (Å²) in [6.07, 6.45) is 4.50. The molecule has 9 heteroatoms. The zero-order valence-corrected chi connectivity index (χ0v) is 17.9. The van der Waals surface area contributed by atoms with E-state index < -0.39 is 11.7 Å². The molecule has 7 nitrogen and oxygen atoms in total. The number of benzene rings is 1. The molecule has 158 valence electrons. The van der Waals surface area contributed by atoms with Crippen molar-refractivity contribution in [2.75, 3.05) is 0 Å². The second kappa shape index (κ2) is 8.71. The average molecular weight is 465 g/mol. The molecular formula is C23H14Cl2N4O3. The number of nitriles is 1. The molecule has 1 aromatic carbocycles. The summed E-state index contributed by atoms with van der Waals surface area (Å²) in [5.41, 5.74) is 3.05. The van der Waals surface area contributed by atoms with Crippen molar-refractivity contribution in [1.29, 1.82) is 5.26 Å². The lowest BCUT2D eigenvalue weighted by Crippen LogP contribution is -2.18. The minimum atomic E-state index is -1.04. The fourth-order valence-electron chi connectivity index (χ4n) is 3.33. The van der Waals surface area contributed by atoms with Crippen molar-refractivity contribution in [2.24, 2.45) is 4.99 Å². The second-order valence-electron chi connectivity index (χ2n) is 6.92. The Balaban J connectivity index is 1.73. The van der Waals surface area contributed by atoms with Crippen LogP contribution >= 0.6 is 23.2 Å². The minimum Gasteiger partial charge on any atom is -0.429 e. The molecular weight excluding hydrogens is 451 g/mol. The number of aromatic nitrogens is 2. The smallest absolute Gasteiger partial charge is 0.318 e. The van der Waals surface area contributed by atoms with E-state index in [-0.39, 0.29) is 21.0 Å². The Morgan fingerprint density at radius 1 is 1.06 bits per heavy atom. The van der Waals surface area contributed by atoms with Crippen LogP contribution in [0.5, 0.6) is 0 Å². The Morgan fingerprint density at radius 3 is 2.41 bits per heavy atom. The molecule has 0 unspecified atom stereocenters. The molecule has 0 bridgehead atoms. The highest BCUT2D eigenvalue weighted by atomic mass is 35.5. The minimum absolute atomic E-state index is 0.0793. The number of ketones is 1. The number of Topliss-reactive ketones (excluding diaryl/α,β-unsaturated/α-hetero) is 1. The van der Waals surface area contributed by atoms with E-state index in [9.17, 15) is 14.8 Å². The standard InChI is InChI=1S/C23H14Cl2N4O3/c24-18-12-28(32)13-19(25)21(18)27-23(31)22(30)17-10-16(29-8-2-1-3-20(17)29)9-14-4-6-15(11-26)7-5-14/h1-8,10,12-13,32H,9H2. The van der Waals surface area contributed by atoms with E-state index >= 15 is 0 Å². The Bertz CT molecular complexity index is 1450. The van der Waals surface area contributed by atoms with Crippen LogP contribution in [-0.4, -0.2) is 26.0 Å². The number of nitrogens with zero attached hydrogens (tertiary/aromatic N) is 4. The van der Waals surface area contributed by atoms with Crippen LogP contribution in [0.25, 0.3) is 5.52 Å². The van der Waals surface area contributed by atoms with Crippen LogP contribution in [0.4, 0.5) is 0 Å². The molecule has 0 aliphatic carbocycles. The Labute approximate surface area is 192 Å². The molecule has 1 amide bonds. The Kier molecular flexibility index (Phi) is 5.82. The third kappa shape index (κ3) is 4.14. The zero-order valence-electron chi connectivity index (χ0n) is 16.4. The summed E-state index contributed by atoms with van der Waals surface area (Å²) < 4.78 is 2.46. The van der Waals surface area contributed by atoms with Gasteiger partial charge in [0.2, 0.25) is 0 Å². The topological polar surface area (TPSA) is 99.9 Å². The summed E-state index contributed by atoms with van der Waals surface area (Å²) in [7, 11) is 0. The van der Waals surface area contributed by atoms with Gasteiger partial charge in [-0.1, -0.05) is 41.4 Å². The van der Waals surface area contributed by atoms with E-state index in [4.69, 9.17) is 28.5 Å². The monoisotopic (exact) mass is 464 g/mol. The maximum Gasteiger partial charge on any atom is 0.318 e. The summed E-state index contributed by atoms with van der Waals surface area (Å²) in [5, 5.41) is 18.2. The van der Waals surface area contributed by atoms with E-state index in [1.54, 1.807) is 36.5 Å². The van der Waals surface area contributed by atoms with Crippen LogP contribution in [0.1, 0.15) is 27.2 Å². The lowest BCUT2D eigenvalue weighted by atomic mass is 10.1. The maximum atomic E-state index is 13.0. The van der Waals surface area contributed by atoms with Gasteiger partial charge in [0, 0.05) is 18.3 Å². The fraction of sp³-hybridized carbons (Fsp3) is 0.0435. The van der Waals surface area contributed by atoms with Crippen LogP contribution in [0.2, 0.25) is 10.0 Å². The van der Waals surface area contributed by atoms with E-state index in [0.29, 0.717) is 22.2 Å². The van der Waals surface area contributed by atoms with Gasteiger partial charge in [0.25, 0.3) is 5.78 Å². The molecule has 32 heavy (non-hydrogen) atoms. The first-order chi connectivity index (χ1) is 15.4. The van der Waals surface area contributed by atoms with Gasteiger partial charge in [-0.3, -0.25) is 9.59 Å². The van der Waals surface area contributed by atoms with Crippen molar-refractivity contribution in [3.63, 3.8) is 0 Å². The summed E-state index contributed by atoms with van der Waals surface area (Å²) in [6, 6.07) is 16.2. The third-order valence-corrected chi connectivity index (χ3v) is 5.37. The van der Waals surface area contributed by atoms with Crippen LogP contribution in [0, 0.1) is 11.3 Å². The quantitative estimate of drug-likeness (QED) is 0.279. The zero-order chi connectivity index (χ0) is 22.8. The van der Waals surface area contributed by atoms with Gasteiger partial charge < -0.3 is 9.61 Å². The number of halogens is 2. The number of fused-ring (bicyclic) bond motifs is 1. The van der Waals surface area contributed by atoms with E-state index in [0.717, 1.165) is 23.7 Å². The number of carbonyl (C=O) groups is 2. The number of hydrogen-bond donors (Lipinski definition) is 1. The van der Waals surface area contributed by atoms with Crippen molar-refractivity contribution in [3.8, 4) is 6.07 Å². The highest BCUT2D eigenvalue weighted by molar-refractivity contribution is 6.45. The lowest BCUT2D eigenvalue weighted by molar-refractivity contribution is -0.114. The molecule has 0 saturated carbocycles. The highest BCUT2D eigenvalue weighted by Gasteiger charge is 2.22. The second-order valence-corrected chi connectivity index (χ2v) is 7.73. The van der Waals surface area contributed by atoms with Gasteiger partial charge in [-0.05, 0) is 35.9 Å². The van der Waals surface area contributed by atoms with Gasteiger partial charge >= 0.3 is 5.91 Å². The van der Waals surface area contributed by atoms with Crippen molar-refractivity contribution in [1.82, 2.24) is 9.13 Å². The van der Waals surface area contributed by atoms with Gasteiger partial charge in [-0.15, -0.1) is 0 Å². The first-order valence-corrected chi connectivity index (χ1v) is 10.1. The molecule has 0 aliphatic rings. The van der Waals surface area contributed by atoms with Gasteiger partial charge in [-0.25, -0.2) is 4.99 Å². The Hall–Kier alpha value is -3.86. The molecule has 0 fully saturated rings. The van der Waals surface area contributed by atoms with Crippen molar-refractivity contribution in [2.45, 2.75) is 6.42 Å². The SMILES string of the molecule is N#Cc1ccc(Cc2cc(C(=O)C(=O)N=c3c(Cl)cn(O)cc3Cl)c3ccccn23)cc1. The number of amides is 1. The molecule has 3 aromatic heterocycles. The maximum absolute atomic E-state index is 13.0. The van der Waals surface area contributed by atoms with Crippen LogP contribution < -0.4 is 5.36 Å². The summed E-state index contributed by atoms with van der Waals surface area (Å²) in [6.45, 7) is 0. The highest BCUT2D eigenvalue weighted by Crippen LogP contribution is 2.21. The van der Waals surface area contributed by atoms with Gasteiger partial charge in [0.1, 0.15) is 5.36 Å². The predicted octanol–water partition coefficient (Wildman–Crippen LogP) is 4.06. The molecule has 0 atom stereocenters. The van der Waals surface area contributed by atoms with Crippen LogP contribution in [0.15, 0.2) is 72.1 Å². The van der Waals surface area contributed by atoms with Crippen molar-refractivity contribution >= 4 is 40.4 Å². The molecule has 0 aliphatic heterocycles. The number of rotatable bonds is 4. The first kappa shape index (κ1) is 21.4. The molecule has 1 N–H and O–H groups in total. The van der Waals surface area contributed by atoms with Crippen molar-refractivity contribution < 1.29 is 14.8 Å². The fourth-order valence-corrected chi connectivity index (χ4v) is 3.86.